The van der Waals surface area contributed by atoms with E-state index in [4.69, 9.17) is 0 Å². The van der Waals surface area contributed by atoms with Gasteiger partial charge in [-0.3, -0.25) is 9.59 Å². The monoisotopic (exact) mass is 236 g/mol. The quantitative estimate of drug-likeness (QED) is 0.746. The zero-order valence-corrected chi connectivity index (χ0v) is 9.77. The summed E-state index contributed by atoms with van der Waals surface area (Å²) in [5.74, 6) is -0.227. The van der Waals surface area contributed by atoms with E-state index in [1.807, 2.05) is 0 Å². The van der Waals surface area contributed by atoms with Gasteiger partial charge in [0, 0.05) is 24.8 Å². The minimum Gasteiger partial charge on any atom is -0.391 e. The first-order valence-corrected chi connectivity index (χ1v) is 5.74. The molecule has 1 atom stereocenters. The largest absolute Gasteiger partial charge is 0.391 e. The molecule has 1 unspecified atom stereocenters. The first kappa shape index (κ1) is 11.9. The molecular weight excluding hydrogens is 220 g/mol. The molecule has 0 spiro atoms. The Labute approximate surface area is 99.4 Å². The normalized spacial score (nSPS) is 20.4. The number of piperidine rings is 1. The third kappa shape index (κ3) is 2.55. The van der Waals surface area contributed by atoms with Crippen LogP contribution in [0.25, 0.3) is 0 Å². The fourth-order valence-electron chi connectivity index (χ4n) is 2.03. The molecule has 92 valence electrons. The van der Waals surface area contributed by atoms with Crippen molar-refractivity contribution in [2.24, 2.45) is 0 Å². The van der Waals surface area contributed by atoms with Crippen molar-refractivity contribution in [3.63, 3.8) is 0 Å². The van der Waals surface area contributed by atoms with Gasteiger partial charge in [0.05, 0.1) is 6.10 Å². The van der Waals surface area contributed by atoms with E-state index >= 15 is 0 Å². The van der Waals surface area contributed by atoms with E-state index in [0.717, 1.165) is 12.8 Å². The molecule has 2 N–H and O–H groups in total. The van der Waals surface area contributed by atoms with E-state index in [1.165, 1.54) is 13.1 Å². The van der Waals surface area contributed by atoms with Crippen molar-refractivity contribution in [2.75, 3.05) is 13.1 Å². The number of aromatic nitrogens is 1. The molecule has 0 bridgehead atoms. The number of hydrogen-bond donors (Lipinski definition) is 2. The third-order valence-corrected chi connectivity index (χ3v) is 3.00. The number of aliphatic hydroxyl groups excluding tert-OH is 1. The van der Waals surface area contributed by atoms with Gasteiger partial charge in [0.25, 0.3) is 5.91 Å². The summed E-state index contributed by atoms with van der Waals surface area (Å²) in [6, 6.07) is 1.56. The summed E-state index contributed by atoms with van der Waals surface area (Å²) in [6.45, 7) is 2.49. The lowest BCUT2D eigenvalue weighted by atomic mass is 10.1. The van der Waals surface area contributed by atoms with Crippen LogP contribution in [-0.2, 0) is 0 Å². The SMILES string of the molecule is CC(=O)c1c[nH]c(C(=O)N2CCCC(O)C2)c1. The number of carbonyl (C=O) groups excluding carboxylic acids is 2. The number of amides is 1. The molecule has 1 aromatic heterocycles. The van der Waals surface area contributed by atoms with E-state index < -0.39 is 6.10 Å². The van der Waals surface area contributed by atoms with E-state index in [1.54, 1.807) is 11.0 Å². The van der Waals surface area contributed by atoms with Crippen LogP contribution in [0.2, 0.25) is 0 Å². The van der Waals surface area contributed by atoms with Crippen LogP contribution in [0.4, 0.5) is 0 Å². The minimum absolute atomic E-state index is 0.0704. The summed E-state index contributed by atoms with van der Waals surface area (Å²) in [6.07, 6.45) is 2.66. The molecule has 1 aliphatic heterocycles. The molecule has 0 aliphatic carbocycles. The van der Waals surface area contributed by atoms with Gasteiger partial charge in [0.15, 0.2) is 5.78 Å². The zero-order valence-electron chi connectivity index (χ0n) is 9.77. The Hall–Kier alpha value is -1.62. The molecule has 17 heavy (non-hydrogen) atoms. The van der Waals surface area contributed by atoms with Crippen molar-refractivity contribution in [1.82, 2.24) is 9.88 Å². The molecule has 0 saturated carbocycles. The van der Waals surface area contributed by atoms with Gasteiger partial charge < -0.3 is 15.0 Å². The van der Waals surface area contributed by atoms with Gasteiger partial charge >= 0.3 is 0 Å². The predicted octanol–water partition coefficient (Wildman–Crippen LogP) is 0.814. The lowest BCUT2D eigenvalue weighted by Gasteiger charge is -2.29. The number of rotatable bonds is 2. The summed E-state index contributed by atoms with van der Waals surface area (Å²) in [7, 11) is 0. The highest BCUT2D eigenvalue weighted by Gasteiger charge is 2.24. The van der Waals surface area contributed by atoms with E-state index in [-0.39, 0.29) is 11.7 Å². The van der Waals surface area contributed by atoms with Crippen LogP contribution in [0.1, 0.15) is 40.6 Å². The summed E-state index contributed by atoms with van der Waals surface area (Å²) in [5.41, 5.74) is 0.912. The Bertz CT molecular complexity index is 439. The number of nitrogens with one attached hydrogen (secondary N) is 1. The van der Waals surface area contributed by atoms with E-state index in [2.05, 4.69) is 4.98 Å². The first-order valence-electron chi connectivity index (χ1n) is 5.74. The second kappa shape index (κ2) is 4.71. The molecular formula is C12H16N2O3. The molecule has 5 nitrogen and oxygen atoms in total. The number of nitrogens with zero attached hydrogens (tertiary/aromatic N) is 1. The lowest BCUT2D eigenvalue weighted by molar-refractivity contribution is 0.0469. The maximum Gasteiger partial charge on any atom is 0.270 e. The highest BCUT2D eigenvalue weighted by molar-refractivity contribution is 5.99. The predicted molar refractivity (Wildman–Crippen MR) is 61.9 cm³/mol. The molecule has 2 rings (SSSR count). The Balaban J connectivity index is 2.10. The average molecular weight is 236 g/mol. The summed E-state index contributed by atoms with van der Waals surface area (Å²) >= 11 is 0. The molecule has 1 saturated heterocycles. The molecule has 2 heterocycles. The molecule has 0 aromatic carbocycles. The number of H-pyrrole nitrogens is 1. The highest BCUT2D eigenvalue weighted by Crippen LogP contribution is 2.14. The Morgan fingerprint density at radius 1 is 1.53 bits per heavy atom. The first-order chi connectivity index (χ1) is 8.08. The number of β-amino-alcohol motifs (C(OH)–C–C–N with tert-alkyl or cyclic N) is 1. The second-order valence-corrected chi connectivity index (χ2v) is 4.41. The fourth-order valence-corrected chi connectivity index (χ4v) is 2.03. The van der Waals surface area contributed by atoms with Gasteiger partial charge in [-0.05, 0) is 25.8 Å². The maximum atomic E-state index is 12.1. The number of likely N-dealkylation sites (tertiary alicyclic amines) is 1. The van der Waals surface area contributed by atoms with Crippen LogP contribution < -0.4 is 0 Å². The van der Waals surface area contributed by atoms with E-state index in [0.29, 0.717) is 24.3 Å². The number of carbonyl (C=O) groups is 2. The van der Waals surface area contributed by atoms with Crippen molar-refractivity contribution >= 4 is 11.7 Å². The van der Waals surface area contributed by atoms with Crippen molar-refractivity contribution < 1.29 is 14.7 Å². The molecule has 1 aromatic rings. The molecule has 5 heteroatoms. The standard InChI is InChI=1S/C12H16N2O3/c1-8(15)9-5-11(13-6-9)12(17)14-4-2-3-10(16)7-14/h5-6,10,13,16H,2-4,7H2,1H3. The fraction of sp³-hybridized carbons (Fsp3) is 0.500. The molecule has 1 fully saturated rings. The number of hydrogen-bond acceptors (Lipinski definition) is 3. The van der Waals surface area contributed by atoms with Crippen LogP contribution in [0, 0.1) is 0 Å². The number of ketones is 1. The van der Waals surface area contributed by atoms with Gasteiger partial charge in [-0.25, -0.2) is 0 Å². The zero-order chi connectivity index (χ0) is 12.4. The van der Waals surface area contributed by atoms with Crippen molar-refractivity contribution in [1.29, 1.82) is 0 Å². The second-order valence-electron chi connectivity index (χ2n) is 4.41. The van der Waals surface area contributed by atoms with Gasteiger partial charge in [-0.1, -0.05) is 0 Å². The Morgan fingerprint density at radius 3 is 2.88 bits per heavy atom. The van der Waals surface area contributed by atoms with Gasteiger partial charge in [0.2, 0.25) is 0 Å². The van der Waals surface area contributed by atoms with Gasteiger partial charge in [0.1, 0.15) is 5.69 Å². The van der Waals surface area contributed by atoms with Crippen LogP contribution in [0.3, 0.4) is 0 Å². The van der Waals surface area contributed by atoms with Gasteiger partial charge in [-0.15, -0.1) is 0 Å². The molecule has 1 amide bonds. The van der Waals surface area contributed by atoms with Gasteiger partial charge in [-0.2, -0.15) is 0 Å². The number of aliphatic hydroxyl groups is 1. The Kier molecular flexibility index (Phi) is 3.28. The van der Waals surface area contributed by atoms with Crippen LogP contribution in [0.5, 0.6) is 0 Å². The van der Waals surface area contributed by atoms with Crippen LogP contribution in [0.15, 0.2) is 12.3 Å². The lowest BCUT2D eigenvalue weighted by Crippen LogP contribution is -2.42. The molecule has 1 aliphatic rings. The van der Waals surface area contributed by atoms with Crippen LogP contribution >= 0.6 is 0 Å². The maximum absolute atomic E-state index is 12.1. The number of Topliss-reactive ketones (excluding diaryl/α,β-unsaturated/α-hetero) is 1. The summed E-state index contributed by atoms with van der Waals surface area (Å²) < 4.78 is 0. The highest BCUT2D eigenvalue weighted by atomic mass is 16.3. The number of aromatic amines is 1. The van der Waals surface area contributed by atoms with Crippen molar-refractivity contribution in [2.45, 2.75) is 25.9 Å². The Morgan fingerprint density at radius 2 is 2.29 bits per heavy atom. The van der Waals surface area contributed by atoms with Crippen molar-refractivity contribution in [3.8, 4) is 0 Å². The third-order valence-electron chi connectivity index (χ3n) is 3.00. The van der Waals surface area contributed by atoms with Crippen LogP contribution in [-0.4, -0.2) is 45.9 Å². The van der Waals surface area contributed by atoms with E-state index in [9.17, 15) is 14.7 Å². The molecule has 0 radical (unpaired) electrons. The smallest absolute Gasteiger partial charge is 0.270 e. The van der Waals surface area contributed by atoms with Crippen molar-refractivity contribution in [3.05, 3.63) is 23.5 Å². The topological polar surface area (TPSA) is 73.4 Å². The minimum atomic E-state index is -0.435. The summed E-state index contributed by atoms with van der Waals surface area (Å²) in [5, 5.41) is 9.51. The summed E-state index contributed by atoms with van der Waals surface area (Å²) in [4.78, 5) is 27.6. The average Bonchev–Trinajstić information content (AvgIpc) is 2.77.